The Balaban J connectivity index is 1.94. The number of methoxy groups -OCH3 is 3. The van der Waals surface area contributed by atoms with Crippen molar-refractivity contribution in [2.75, 3.05) is 26.6 Å². The molecule has 0 spiro atoms. The number of ether oxygens (including phenoxy) is 3. The van der Waals surface area contributed by atoms with Crippen LogP contribution in [0.2, 0.25) is 0 Å². The van der Waals surface area contributed by atoms with Crippen molar-refractivity contribution >= 4 is 22.6 Å². The third-order valence-electron chi connectivity index (χ3n) is 4.89. The van der Waals surface area contributed by atoms with Crippen molar-refractivity contribution in [3.05, 3.63) is 57.4 Å². The molecule has 1 aromatic heterocycles. The zero-order valence-corrected chi connectivity index (χ0v) is 17.0. The number of hydrogen-bond donors (Lipinski definition) is 1. The summed E-state index contributed by atoms with van der Waals surface area (Å²) in [6.45, 7) is 3.63. The van der Waals surface area contributed by atoms with Crippen molar-refractivity contribution in [3.63, 3.8) is 0 Å². The van der Waals surface area contributed by atoms with E-state index in [0.717, 1.165) is 10.9 Å². The van der Waals surface area contributed by atoms with Crippen LogP contribution in [0.5, 0.6) is 17.2 Å². The number of aryl methyl sites for hydroxylation is 2. The topological polar surface area (TPSA) is 87.0 Å². The highest BCUT2D eigenvalue weighted by molar-refractivity contribution is 5.95. The van der Waals surface area contributed by atoms with Crippen LogP contribution in [-0.4, -0.2) is 27.2 Å². The Labute approximate surface area is 168 Å². The van der Waals surface area contributed by atoms with Crippen LogP contribution in [0.4, 0.5) is 5.69 Å². The first-order valence-electron chi connectivity index (χ1n) is 9.01. The molecule has 0 aliphatic carbocycles. The molecule has 1 heterocycles. The number of hydrogen-bond acceptors (Lipinski definition) is 6. The first-order chi connectivity index (χ1) is 13.9. The van der Waals surface area contributed by atoms with Crippen molar-refractivity contribution in [1.29, 1.82) is 0 Å². The van der Waals surface area contributed by atoms with E-state index in [0.29, 0.717) is 39.6 Å². The van der Waals surface area contributed by atoms with Gasteiger partial charge in [0.05, 0.1) is 39.0 Å². The fraction of sp³-hybridized carbons (Fsp3) is 0.273. The molecule has 7 heteroatoms. The van der Waals surface area contributed by atoms with Crippen molar-refractivity contribution in [2.45, 2.75) is 20.3 Å². The zero-order valence-electron chi connectivity index (χ0n) is 17.0. The van der Waals surface area contributed by atoms with Gasteiger partial charge in [-0.25, -0.2) is 4.79 Å². The lowest BCUT2D eigenvalue weighted by Crippen LogP contribution is -2.21. The maximum atomic E-state index is 12.6. The van der Waals surface area contributed by atoms with Crippen LogP contribution < -0.4 is 25.2 Å². The molecule has 0 aliphatic rings. The van der Waals surface area contributed by atoms with Gasteiger partial charge in [-0.2, -0.15) is 0 Å². The van der Waals surface area contributed by atoms with Gasteiger partial charge in [0.2, 0.25) is 5.91 Å². The average Bonchev–Trinajstić information content (AvgIpc) is 2.71. The van der Waals surface area contributed by atoms with Gasteiger partial charge in [0.1, 0.15) is 22.8 Å². The van der Waals surface area contributed by atoms with Gasteiger partial charge in [0, 0.05) is 17.0 Å². The molecular weight excluding hydrogens is 374 g/mol. The Morgan fingerprint density at radius 2 is 1.66 bits per heavy atom. The standard InChI is InChI=1S/C22H23NO6/c1-12-15-7-9-18(27-4)13(2)21(15)29-22(25)16(12)11-20(24)23-17-10-14(26-3)6-8-19(17)28-5/h6-10H,11H2,1-5H3,(H,23,24). The van der Waals surface area contributed by atoms with E-state index in [1.54, 1.807) is 32.2 Å². The van der Waals surface area contributed by atoms with Crippen LogP contribution >= 0.6 is 0 Å². The summed E-state index contributed by atoms with van der Waals surface area (Å²) in [6, 6.07) is 8.72. The predicted molar refractivity (Wildman–Crippen MR) is 110 cm³/mol. The van der Waals surface area contributed by atoms with E-state index in [1.807, 2.05) is 19.1 Å². The molecule has 2 aromatic carbocycles. The Morgan fingerprint density at radius 3 is 2.31 bits per heavy atom. The van der Waals surface area contributed by atoms with Gasteiger partial charge in [-0.1, -0.05) is 0 Å². The van der Waals surface area contributed by atoms with Gasteiger partial charge in [-0.15, -0.1) is 0 Å². The summed E-state index contributed by atoms with van der Waals surface area (Å²) in [5.41, 5.74) is 2.13. The number of carbonyl (C=O) groups is 1. The van der Waals surface area contributed by atoms with Gasteiger partial charge in [-0.3, -0.25) is 4.79 Å². The molecule has 0 fully saturated rings. The Bertz CT molecular complexity index is 1130. The Kier molecular flexibility index (Phi) is 5.77. The van der Waals surface area contributed by atoms with E-state index in [9.17, 15) is 9.59 Å². The fourth-order valence-electron chi connectivity index (χ4n) is 3.26. The molecule has 7 nitrogen and oxygen atoms in total. The maximum absolute atomic E-state index is 12.6. The lowest BCUT2D eigenvalue weighted by Gasteiger charge is -2.13. The number of benzene rings is 2. The maximum Gasteiger partial charge on any atom is 0.340 e. The summed E-state index contributed by atoms with van der Waals surface area (Å²) in [5.74, 6) is 1.34. The minimum absolute atomic E-state index is 0.129. The van der Waals surface area contributed by atoms with Gasteiger partial charge < -0.3 is 23.9 Å². The van der Waals surface area contributed by atoms with Crippen LogP contribution in [0.15, 0.2) is 39.5 Å². The summed E-state index contributed by atoms with van der Waals surface area (Å²) in [6.07, 6.45) is -0.129. The lowest BCUT2D eigenvalue weighted by molar-refractivity contribution is -0.115. The SMILES string of the molecule is COc1ccc(OC)c(NC(=O)Cc2c(C)c3ccc(OC)c(C)c3oc2=O)c1. The van der Waals surface area contributed by atoms with Crippen molar-refractivity contribution in [2.24, 2.45) is 0 Å². The number of nitrogens with one attached hydrogen (secondary N) is 1. The van der Waals surface area contributed by atoms with E-state index < -0.39 is 5.63 Å². The molecule has 3 rings (SSSR count). The number of carbonyl (C=O) groups excluding carboxylic acids is 1. The monoisotopic (exact) mass is 397 g/mol. The van der Waals surface area contributed by atoms with Gasteiger partial charge in [-0.05, 0) is 43.7 Å². The van der Waals surface area contributed by atoms with Crippen molar-refractivity contribution in [3.8, 4) is 17.2 Å². The second kappa shape index (κ2) is 8.26. The molecule has 3 aromatic rings. The highest BCUT2D eigenvalue weighted by Crippen LogP contribution is 2.31. The van der Waals surface area contributed by atoms with E-state index in [2.05, 4.69) is 5.32 Å². The van der Waals surface area contributed by atoms with Crippen LogP contribution in [0.1, 0.15) is 16.7 Å². The molecule has 152 valence electrons. The lowest BCUT2D eigenvalue weighted by atomic mass is 10.0. The van der Waals surface area contributed by atoms with E-state index in [-0.39, 0.29) is 12.3 Å². The molecule has 29 heavy (non-hydrogen) atoms. The summed E-state index contributed by atoms with van der Waals surface area (Å²) < 4.78 is 21.3. The normalized spacial score (nSPS) is 10.7. The number of anilines is 1. The fourth-order valence-corrected chi connectivity index (χ4v) is 3.26. The summed E-state index contributed by atoms with van der Waals surface area (Å²) in [5, 5.41) is 3.54. The highest BCUT2D eigenvalue weighted by Gasteiger charge is 2.18. The Hall–Kier alpha value is -3.48. The van der Waals surface area contributed by atoms with Gasteiger partial charge in [0.15, 0.2) is 0 Å². The first kappa shape index (κ1) is 20.3. The first-order valence-corrected chi connectivity index (χ1v) is 9.01. The largest absolute Gasteiger partial charge is 0.497 e. The van der Waals surface area contributed by atoms with Crippen molar-refractivity contribution in [1.82, 2.24) is 0 Å². The van der Waals surface area contributed by atoms with Crippen LogP contribution in [-0.2, 0) is 11.2 Å². The van der Waals surface area contributed by atoms with E-state index in [1.165, 1.54) is 14.2 Å². The van der Waals surface area contributed by atoms with Gasteiger partial charge in [0.25, 0.3) is 0 Å². The second-order valence-corrected chi connectivity index (χ2v) is 6.55. The Morgan fingerprint density at radius 1 is 0.966 bits per heavy atom. The minimum Gasteiger partial charge on any atom is -0.497 e. The molecule has 1 amide bonds. The third kappa shape index (κ3) is 3.89. The van der Waals surface area contributed by atoms with Crippen LogP contribution in [0.25, 0.3) is 11.0 Å². The summed E-state index contributed by atoms with van der Waals surface area (Å²) in [4.78, 5) is 25.2. The summed E-state index contributed by atoms with van der Waals surface area (Å²) >= 11 is 0. The molecule has 0 saturated carbocycles. The molecule has 0 radical (unpaired) electrons. The van der Waals surface area contributed by atoms with Gasteiger partial charge >= 0.3 is 5.63 Å². The molecule has 0 aliphatic heterocycles. The number of rotatable bonds is 6. The van der Waals surface area contributed by atoms with E-state index >= 15 is 0 Å². The number of amides is 1. The minimum atomic E-state index is -0.542. The number of fused-ring (bicyclic) bond motifs is 1. The zero-order chi connectivity index (χ0) is 21.1. The van der Waals surface area contributed by atoms with Crippen molar-refractivity contribution < 1.29 is 23.4 Å². The van der Waals surface area contributed by atoms with E-state index in [4.69, 9.17) is 18.6 Å². The predicted octanol–water partition coefficient (Wildman–Crippen LogP) is 3.62. The molecular formula is C22H23NO6. The molecule has 0 bridgehead atoms. The molecule has 0 unspecified atom stereocenters. The third-order valence-corrected chi connectivity index (χ3v) is 4.89. The molecule has 1 N–H and O–H groups in total. The highest BCUT2D eigenvalue weighted by atomic mass is 16.5. The van der Waals surface area contributed by atoms with Crippen LogP contribution in [0.3, 0.4) is 0 Å². The molecule has 0 atom stereocenters. The second-order valence-electron chi connectivity index (χ2n) is 6.55. The van der Waals surface area contributed by atoms with Crippen LogP contribution in [0, 0.1) is 13.8 Å². The quantitative estimate of drug-likeness (QED) is 0.640. The smallest absolute Gasteiger partial charge is 0.340 e. The average molecular weight is 397 g/mol. The summed E-state index contributed by atoms with van der Waals surface area (Å²) in [7, 11) is 4.61. The molecule has 0 saturated heterocycles.